The van der Waals surface area contributed by atoms with Crippen molar-refractivity contribution in [2.24, 2.45) is 5.73 Å². The Morgan fingerprint density at radius 1 is 1.30 bits per heavy atom. The van der Waals surface area contributed by atoms with Crippen LogP contribution in [0.25, 0.3) is 0 Å². The van der Waals surface area contributed by atoms with Gasteiger partial charge in [0.05, 0.1) is 11.8 Å². The number of likely N-dealkylation sites (tertiary alicyclic amines) is 1. The van der Waals surface area contributed by atoms with Gasteiger partial charge in [-0.3, -0.25) is 9.78 Å². The lowest BCUT2D eigenvalue weighted by atomic mass is 9.83. The van der Waals surface area contributed by atoms with Gasteiger partial charge in [-0.1, -0.05) is 12.1 Å². The van der Waals surface area contributed by atoms with E-state index in [0.29, 0.717) is 18.4 Å². The summed E-state index contributed by atoms with van der Waals surface area (Å²) in [6.07, 6.45) is 5.05. The average Bonchev–Trinajstić information content (AvgIpc) is 2.72. The van der Waals surface area contributed by atoms with Gasteiger partial charge < -0.3 is 20.6 Å². The minimum atomic E-state index is -0.947. The normalized spacial score (nSPS) is 17.8. The van der Waals surface area contributed by atoms with Crippen molar-refractivity contribution < 1.29 is 14.3 Å². The second-order valence-corrected chi connectivity index (χ2v) is 8.50. The largest absolute Gasteiger partial charge is 0.385 e. The van der Waals surface area contributed by atoms with Gasteiger partial charge in [0.1, 0.15) is 5.82 Å². The molecule has 0 spiro atoms. The number of nitrogens with two attached hydrogens (primary N) is 1. The molecule has 1 aromatic heterocycles. The molecule has 30 heavy (non-hydrogen) atoms. The Bertz CT molecular complexity index is 866. The molecule has 1 fully saturated rings. The van der Waals surface area contributed by atoms with Crippen molar-refractivity contribution in [3.8, 4) is 0 Å². The van der Waals surface area contributed by atoms with E-state index in [1.165, 1.54) is 6.20 Å². The number of aromatic nitrogens is 1. The van der Waals surface area contributed by atoms with Crippen molar-refractivity contribution in [1.82, 2.24) is 14.8 Å². The highest BCUT2D eigenvalue weighted by Gasteiger charge is 2.34. The highest BCUT2D eigenvalue weighted by molar-refractivity contribution is 5.92. The summed E-state index contributed by atoms with van der Waals surface area (Å²) in [5.74, 6) is -0.606. The number of rotatable bonds is 8. The molecule has 1 aromatic carbocycles. The third kappa shape index (κ3) is 5.62. The number of aliphatic hydroxyl groups is 1. The summed E-state index contributed by atoms with van der Waals surface area (Å²) >= 11 is 0. The maximum absolute atomic E-state index is 13.6. The van der Waals surface area contributed by atoms with Crippen LogP contribution in [0, 0.1) is 5.82 Å². The number of hydrogen-bond acceptors (Lipinski definition) is 5. The van der Waals surface area contributed by atoms with Crippen LogP contribution in [0.5, 0.6) is 0 Å². The van der Waals surface area contributed by atoms with Crippen molar-refractivity contribution in [3.05, 3.63) is 65.2 Å². The molecule has 0 aliphatic carbocycles. The topological polar surface area (TPSA) is 82.7 Å². The van der Waals surface area contributed by atoms with E-state index in [4.69, 9.17) is 5.73 Å². The molecule has 3 rings (SSSR count). The fraction of sp³-hybridized carbons (Fsp3) is 0.478. The van der Waals surface area contributed by atoms with Crippen LogP contribution in [0.2, 0.25) is 0 Å². The first kappa shape index (κ1) is 22.3. The number of benzene rings is 1. The molecule has 1 saturated heterocycles. The zero-order valence-corrected chi connectivity index (χ0v) is 17.7. The lowest BCUT2D eigenvalue weighted by Gasteiger charge is -2.39. The molecule has 1 atom stereocenters. The number of carbonyl (C=O) groups is 1. The number of amides is 1. The number of hydrogen-bond donors (Lipinski definition) is 2. The zero-order chi connectivity index (χ0) is 21.7. The third-order valence-corrected chi connectivity index (χ3v) is 5.94. The van der Waals surface area contributed by atoms with Crippen LogP contribution >= 0.6 is 0 Å². The van der Waals surface area contributed by atoms with Crippen molar-refractivity contribution in [1.29, 1.82) is 0 Å². The second-order valence-electron chi connectivity index (χ2n) is 8.50. The Morgan fingerprint density at radius 2 is 2.03 bits per heavy atom. The van der Waals surface area contributed by atoms with E-state index < -0.39 is 11.5 Å². The van der Waals surface area contributed by atoms with Crippen LogP contribution in [0.3, 0.4) is 0 Å². The molecule has 6 nitrogen and oxygen atoms in total. The standard InChI is InChI=1S/C23H31FN4O2/c1-27(2)16-18(19-13-21(24)15-26-14-19)6-9-28-10-7-23(30,8-11-28)20-5-3-4-17(12-20)22(25)29/h3-5,12-15,18,30H,6-11,16H2,1-2H3,(H2,25,29)/t18-/m1/s1. The number of likely N-dealkylation sites (N-methyl/N-ethyl adjacent to an activating group) is 1. The summed E-state index contributed by atoms with van der Waals surface area (Å²) < 4.78 is 13.6. The number of piperidine rings is 1. The van der Waals surface area contributed by atoms with Crippen molar-refractivity contribution in [2.75, 3.05) is 40.3 Å². The Labute approximate surface area is 177 Å². The first-order valence-corrected chi connectivity index (χ1v) is 10.4. The van der Waals surface area contributed by atoms with E-state index >= 15 is 0 Å². The molecule has 3 N–H and O–H groups in total. The number of halogens is 1. The van der Waals surface area contributed by atoms with Gasteiger partial charge in [0.25, 0.3) is 0 Å². The predicted octanol–water partition coefficient (Wildman–Crippen LogP) is 2.34. The number of nitrogens with zero attached hydrogens (tertiary/aromatic N) is 3. The van der Waals surface area contributed by atoms with Crippen LogP contribution in [0.4, 0.5) is 4.39 Å². The Balaban J connectivity index is 1.60. The SMILES string of the molecule is CN(C)C[C@@H](CCN1CCC(O)(c2cccc(C(N)=O)c2)CC1)c1cncc(F)c1. The smallest absolute Gasteiger partial charge is 0.248 e. The van der Waals surface area contributed by atoms with E-state index in [1.807, 2.05) is 20.2 Å². The first-order chi connectivity index (χ1) is 14.3. The number of pyridine rings is 1. The van der Waals surface area contributed by atoms with E-state index in [9.17, 15) is 14.3 Å². The van der Waals surface area contributed by atoms with E-state index in [2.05, 4.69) is 14.8 Å². The number of carbonyl (C=O) groups excluding carboxylic acids is 1. The maximum atomic E-state index is 13.6. The molecule has 1 amide bonds. The molecule has 162 valence electrons. The van der Waals surface area contributed by atoms with Crippen LogP contribution < -0.4 is 5.73 Å². The third-order valence-electron chi connectivity index (χ3n) is 5.94. The lowest BCUT2D eigenvalue weighted by molar-refractivity contribution is -0.0264. The Hall–Kier alpha value is -2.35. The molecule has 0 bridgehead atoms. The van der Waals surface area contributed by atoms with Crippen molar-refractivity contribution in [3.63, 3.8) is 0 Å². The van der Waals surface area contributed by atoms with Crippen LogP contribution in [0.1, 0.15) is 46.7 Å². The Morgan fingerprint density at radius 3 is 2.67 bits per heavy atom. The summed E-state index contributed by atoms with van der Waals surface area (Å²) in [4.78, 5) is 19.9. The van der Waals surface area contributed by atoms with Crippen LogP contribution in [-0.4, -0.2) is 66.1 Å². The molecule has 1 aliphatic rings. The zero-order valence-electron chi connectivity index (χ0n) is 17.7. The van der Waals surface area contributed by atoms with Gasteiger partial charge in [-0.15, -0.1) is 0 Å². The Kier molecular flexibility index (Phi) is 7.18. The highest BCUT2D eigenvalue weighted by Crippen LogP contribution is 2.33. The minimum absolute atomic E-state index is 0.191. The summed E-state index contributed by atoms with van der Waals surface area (Å²) in [5, 5.41) is 11.1. The monoisotopic (exact) mass is 414 g/mol. The van der Waals surface area contributed by atoms with Gasteiger partial charge in [0, 0.05) is 31.4 Å². The van der Waals surface area contributed by atoms with E-state index in [-0.39, 0.29) is 11.7 Å². The average molecular weight is 415 g/mol. The quantitative estimate of drug-likeness (QED) is 0.693. The first-order valence-electron chi connectivity index (χ1n) is 10.4. The molecule has 7 heteroatoms. The molecule has 2 aromatic rings. The van der Waals surface area contributed by atoms with Crippen molar-refractivity contribution >= 4 is 5.91 Å². The molecule has 2 heterocycles. The second kappa shape index (κ2) is 9.64. The number of primary amides is 1. The van der Waals surface area contributed by atoms with Gasteiger partial charge in [-0.2, -0.15) is 0 Å². The predicted molar refractivity (Wildman–Crippen MR) is 115 cm³/mol. The minimum Gasteiger partial charge on any atom is -0.385 e. The van der Waals surface area contributed by atoms with Gasteiger partial charge in [-0.25, -0.2) is 4.39 Å². The fourth-order valence-electron chi connectivity index (χ4n) is 4.19. The summed E-state index contributed by atoms with van der Waals surface area (Å²) in [6.45, 7) is 3.20. The van der Waals surface area contributed by atoms with Gasteiger partial charge in [0.2, 0.25) is 5.91 Å². The van der Waals surface area contributed by atoms with Crippen LogP contribution in [-0.2, 0) is 5.60 Å². The maximum Gasteiger partial charge on any atom is 0.248 e. The molecule has 0 unspecified atom stereocenters. The molecular weight excluding hydrogens is 383 g/mol. The summed E-state index contributed by atoms with van der Waals surface area (Å²) in [5.41, 5.74) is 6.51. The summed E-state index contributed by atoms with van der Waals surface area (Å²) in [6, 6.07) is 8.55. The van der Waals surface area contributed by atoms with Gasteiger partial charge >= 0.3 is 0 Å². The summed E-state index contributed by atoms with van der Waals surface area (Å²) in [7, 11) is 4.03. The fourth-order valence-corrected chi connectivity index (χ4v) is 4.19. The lowest BCUT2D eigenvalue weighted by Crippen LogP contribution is -2.43. The van der Waals surface area contributed by atoms with E-state index in [1.54, 1.807) is 30.5 Å². The van der Waals surface area contributed by atoms with E-state index in [0.717, 1.165) is 43.7 Å². The van der Waals surface area contributed by atoms with Gasteiger partial charge in [-0.05, 0) is 75.1 Å². The molecule has 0 radical (unpaired) electrons. The van der Waals surface area contributed by atoms with Crippen molar-refractivity contribution in [2.45, 2.75) is 30.8 Å². The molecular formula is C23H31FN4O2. The molecule has 0 saturated carbocycles. The van der Waals surface area contributed by atoms with Crippen LogP contribution in [0.15, 0.2) is 42.7 Å². The van der Waals surface area contributed by atoms with Gasteiger partial charge in [0.15, 0.2) is 0 Å². The highest BCUT2D eigenvalue weighted by atomic mass is 19.1. The molecule has 1 aliphatic heterocycles.